The second-order valence-electron chi connectivity index (χ2n) is 10.4. The Kier molecular flexibility index (Phi) is 17.1. The van der Waals surface area contributed by atoms with Gasteiger partial charge in [0.05, 0.1) is 21.7 Å². The minimum absolute atomic E-state index is 0.0420. The highest BCUT2D eigenvalue weighted by Gasteiger charge is 2.20. The van der Waals surface area contributed by atoms with Crippen molar-refractivity contribution in [3.05, 3.63) is 84.7 Å². The number of ether oxygens (including phenoxy) is 3. The molecule has 0 bridgehead atoms. The predicted molar refractivity (Wildman–Crippen MR) is 184 cm³/mol. The maximum atomic E-state index is 10.8. The molecular formula is C31H36Cl6N2O7. The number of hydrogen-bond donors (Lipinski definition) is 4. The average molecular weight is 761 g/mol. The zero-order chi connectivity index (χ0) is 33.6. The van der Waals surface area contributed by atoms with Gasteiger partial charge in [0.2, 0.25) is 0 Å². The van der Waals surface area contributed by atoms with E-state index >= 15 is 0 Å². The monoisotopic (exact) mass is 758 g/mol. The number of halogens is 6. The molecule has 0 fully saturated rings. The first-order valence-electron chi connectivity index (χ1n) is 14.3. The summed E-state index contributed by atoms with van der Waals surface area (Å²) in [7, 11) is 0. The van der Waals surface area contributed by atoms with Crippen LogP contribution in [0.1, 0.15) is 0 Å². The molecule has 0 spiro atoms. The lowest BCUT2D eigenvalue weighted by molar-refractivity contribution is 0.0211. The van der Waals surface area contributed by atoms with Crippen molar-refractivity contribution >= 4 is 69.6 Å². The zero-order valence-corrected chi connectivity index (χ0v) is 29.2. The summed E-state index contributed by atoms with van der Waals surface area (Å²) in [6.45, 7) is 1.10. The van der Waals surface area contributed by atoms with E-state index in [9.17, 15) is 20.4 Å². The van der Waals surface area contributed by atoms with Gasteiger partial charge in [-0.3, -0.25) is 9.80 Å². The lowest BCUT2D eigenvalue weighted by Gasteiger charge is -2.31. The highest BCUT2D eigenvalue weighted by molar-refractivity contribution is 6.36. The Morgan fingerprint density at radius 1 is 0.500 bits per heavy atom. The number of hydrogen-bond acceptors (Lipinski definition) is 9. The Hall–Kier alpha value is -1.44. The first kappa shape index (κ1) is 39.0. The zero-order valence-electron chi connectivity index (χ0n) is 24.7. The smallest absolute Gasteiger partial charge is 0.138 e. The van der Waals surface area contributed by atoms with Gasteiger partial charge in [-0.2, -0.15) is 0 Å². The van der Waals surface area contributed by atoms with E-state index in [0.717, 1.165) is 0 Å². The molecule has 254 valence electrons. The molecule has 3 aromatic rings. The van der Waals surface area contributed by atoms with E-state index in [1.807, 2.05) is 9.80 Å². The Morgan fingerprint density at radius 3 is 1.15 bits per heavy atom. The summed E-state index contributed by atoms with van der Waals surface area (Å²) in [5, 5.41) is 44.3. The molecule has 0 aliphatic heterocycles. The standard InChI is InChI=1S/C31H36Cl6N2O7/c32-20-1-4-29(26(35)11-20)44-17-23(41)14-38(9-10-40)7-8-39(15-24(42)18-45-30-5-2-21(33)12-27(30)36)16-25(43)19-46-31-6-3-22(34)13-28(31)37/h1-6,11-13,23-25,40-43H,7-10,14-19H2. The van der Waals surface area contributed by atoms with Crippen molar-refractivity contribution in [3.63, 3.8) is 0 Å². The third-order valence-corrected chi connectivity index (χ3v) is 8.12. The van der Waals surface area contributed by atoms with Crippen LogP contribution in [0.3, 0.4) is 0 Å². The third-order valence-electron chi connectivity index (χ3n) is 6.53. The van der Waals surface area contributed by atoms with Gasteiger partial charge in [0.25, 0.3) is 0 Å². The van der Waals surface area contributed by atoms with Gasteiger partial charge in [-0.05, 0) is 54.6 Å². The predicted octanol–water partition coefficient (Wildman–Crippen LogP) is 5.82. The van der Waals surface area contributed by atoms with Crippen molar-refractivity contribution in [2.75, 3.05) is 65.7 Å². The normalized spacial score (nSPS) is 13.6. The topological polar surface area (TPSA) is 115 Å². The third kappa shape index (κ3) is 14.0. The molecule has 46 heavy (non-hydrogen) atoms. The van der Waals surface area contributed by atoms with Crippen molar-refractivity contribution < 1.29 is 34.6 Å². The Morgan fingerprint density at radius 2 is 0.826 bits per heavy atom. The van der Waals surface area contributed by atoms with Crippen LogP contribution in [-0.4, -0.2) is 114 Å². The molecule has 4 N–H and O–H groups in total. The average Bonchev–Trinajstić information content (AvgIpc) is 2.98. The Labute approximate surface area is 298 Å². The van der Waals surface area contributed by atoms with E-state index in [2.05, 4.69) is 0 Å². The van der Waals surface area contributed by atoms with Crippen LogP contribution in [0.15, 0.2) is 54.6 Å². The lowest BCUT2D eigenvalue weighted by atomic mass is 10.2. The van der Waals surface area contributed by atoms with Gasteiger partial charge in [-0.15, -0.1) is 0 Å². The number of nitrogens with zero attached hydrogens (tertiary/aromatic N) is 2. The molecule has 0 saturated carbocycles. The van der Waals surface area contributed by atoms with Crippen LogP contribution in [0.5, 0.6) is 17.2 Å². The number of aliphatic hydroxyl groups excluding tert-OH is 4. The Balaban J connectivity index is 1.60. The van der Waals surface area contributed by atoms with Crippen molar-refractivity contribution in [1.29, 1.82) is 0 Å². The summed E-state index contributed by atoms with van der Waals surface area (Å²) >= 11 is 36.4. The molecule has 3 aromatic carbocycles. The van der Waals surface area contributed by atoms with Gasteiger partial charge in [-0.25, -0.2) is 0 Å². The minimum atomic E-state index is -0.958. The maximum absolute atomic E-state index is 10.8. The van der Waals surface area contributed by atoms with Gasteiger partial charge < -0.3 is 34.6 Å². The molecule has 0 amide bonds. The van der Waals surface area contributed by atoms with Gasteiger partial charge in [-0.1, -0.05) is 69.6 Å². The molecule has 0 aliphatic rings. The summed E-state index contributed by atoms with van der Waals surface area (Å²) in [5.41, 5.74) is 0. The van der Waals surface area contributed by atoms with Crippen LogP contribution in [0.25, 0.3) is 0 Å². The van der Waals surface area contributed by atoms with E-state index in [1.54, 1.807) is 54.6 Å². The van der Waals surface area contributed by atoms with E-state index in [1.165, 1.54) is 0 Å². The van der Waals surface area contributed by atoms with Crippen molar-refractivity contribution in [2.45, 2.75) is 18.3 Å². The van der Waals surface area contributed by atoms with Gasteiger partial charge in [0.1, 0.15) is 55.4 Å². The molecule has 0 radical (unpaired) electrons. The van der Waals surface area contributed by atoms with Crippen LogP contribution < -0.4 is 14.2 Å². The molecule has 15 heteroatoms. The summed E-state index contributed by atoms with van der Waals surface area (Å²) < 4.78 is 17.0. The molecule has 0 aromatic heterocycles. The van der Waals surface area contributed by atoms with Crippen molar-refractivity contribution in [1.82, 2.24) is 9.80 Å². The second kappa shape index (κ2) is 20.2. The minimum Gasteiger partial charge on any atom is -0.489 e. The molecule has 0 heterocycles. The molecule has 3 unspecified atom stereocenters. The van der Waals surface area contributed by atoms with Gasteiger partial charge in [0.15, 0.2) is 0 Å². The highest BCUT2D eigenvalue weighted by Crippen LogP contribution is 2.29. The van der Waals surface area contributed by atoms with Crippen LogP contribution in [0, 0.1) is 0 Å². The molecule has 0 saturated heterocycles. The highest BCUT2D eigenvalue weighted by atomic mass is 35.5. The summed E-state index contributed by atoms with van der Waals surface area (Å²) in [4.78, 5) is 3.67. The van der Waals surface area contributed by atoms with Crippen LogP contribution in [0.2, 0.25) is 30.1 Å². The number of rotatable bonds is 20. The van der Waals surface area contributed by atoms with Crippen molar-refractivity contribution in [2.24, 2.45) is 0 Å². The van der Waals surface area contributed by atoms with Crippen LogP contribution in [-0.2, 0) is 0 Å². The van der Waals surface area contributed by atoms with Gasteiger partial charge >= 0.3 is 0 Å². The van der Waals surface area contributed by atoms with E-state index < -0.39 is 18.3 Å². The van der Waals surface area contributed by atoms with E-state index in [4.69, 9.17) is 83.8 Å². The van der Waals surface area contributed by atoms with E-state index in [0.29, 0.717) is 60.5 Å². The van der Waals surface area contributed by atoms with Crippen LogP contribution >= 0.6 is 69.6 Å². The first-order valence-corrected chi connectivity index (χ1v) is 16.5. The molecule has 3 rings (SSSR count). The number of benzene rings is 3. The first-order chi connectivity index (χ1) is 21.9. The summed E-state index contributed by atoms with van der Waals surface area (Å²) in [6, 6.07) is 14.4. The largest absolute Gasteiger partial charge is 0.489 e. The molecular weight excluding hydrogens is 725 g/mol. The molecule has 9 nitrogen and oxygen atoms in total. The summed E-state index contributed by atoms with van der Waals surface area (Å²) in [6.07, 6.45) is -2.82. The fraction of sp³-hybridized carbons (Fsp3) is 0.419. The second-order valence-corrected chi connectivity index (χ2v) is 12.9. The summed E-state index contributed by atoms with van der Waals surface area (Å²) in [5.74, 6) is 1.13. The quantitative estimate of drug-likeness (QED) is 0.113. The molecule has 3 atom stereocenters. The van der Waals surface area contributed by atoms with Gasteiger partial charge in [0, 0.05) is 54.3 Å². The Bertz CT molecular complexity index is 1310. The molecule has 0 aliphatic carbocycles. The maximum Gasteiger partial charge on any atom is 0.138 e. The van der Waals surface area contributed by atoms with Crippen molar-refractivity contribution in [3.8, 4) is 17.2 Å². The fourth-order valence-corrected chi connectivity index (χ4v) is 5.75. The fourth-order valence-electron chi connectivity index (χ4n) is 4.36. The van der Waals surface area contributed by atoms with Crippen LogP contribution in [0.4, 0.5) is 0 Å². The van der Waals surface area contributed by atoms with E-state index in [-0.39, 0.29) is 52.6 Å². The SMILES string of the molecule is OCCN(CCN(CC(O)COc1ccc(Cl)cc1Cl)CC(O)COc1ccc(Cl)cc1Cl)CC(O)COc1ccc(Cl)cc1Cl. The lowest BCUT2D eigenvalue weighted by Crippen LogP contribution is -2.46. The number of aliphatic hydroxyl groups is 4.